The Hall–Kier alpha value is -1.59. The van der Waals surface area contributed by atoms with Crippen LogP contribution in [0.15, 0.2) is 29.3 Å². The molecule has 2 N–H and O–H groups in total. The highest BCUT2D eigenvalue weighted by atomic mass is 16.5. The minimum atomic E-state index is 0.377. The van der Waals surface area contributed by atoms with Crippen molar-refractivity contribution in [2.45, 2.75) is 45.3 Å². The Bertz CT molecular complexity index is 499. The molecule has 0 amide bonds. The van der Waals surface area contributed by atoms with Gasteiger partial charge in [0.15, 0.2) is 5.96 Å². The van der Waals surface area contributed by atoms with Crippen molar-refractivity contribution in [3.05, 3.63) is 35.4 Å². The fraction of sp³-hybridized carbons (Fsp3) is 0.632. The van der Waals surface area contributed by atoms with E-state index < -0.39 is 0 Å². The highest BCUT2D eigenvalue weighted by Gasteiger charge is 2.13. The Kier molecular flexibility index (Phi) is 8.63. The fourth-order valence-electron chi connectivity index (χ4n) is 2.85. The van der Waals surface area contributed by atoms with Crippen molar-refractivity contribution in [2.24, 2.45) is 4.99 Å². The second-order valence-corrected chi connectivity index (χ2v) is 6.01. The van der Waals surface area contributed by atoms with Gasteiger partial charge in [0.05, 0.1) is 6.10 Å². The average molecular weight is 333 g/mol. The molecular formula is C19H31N3O2. The molecule has 1 aliphatic rings. The van der Waals surface area contributed by atoms with Crippen LogP contribution in [-0.4, -0.2) is 45.5 Å². The zero-order chi connectivity index (χ0) is 17.0. The predicted octanol–water partition coefficient (Wildman–Crippen LogP) is 2.50. The van der Waals surface area contributed by atoms with E-state index in [-0.39, 0.29) is 0 Å². The SMILES string of the molecule is CCc1ccccc1CNC(=NC)NCCCOC1CCOCC1. The van der Waals surface area contributed by atoms with Gasteiger partial charge < -0.3 is 20.1 Å². The van der Waals surface area contributed by atoms with E-state index in [0.29, 0.717) is 6.10 Å². The number of aryl methyl sites for hydroxylation is 1. The highest BCUT2D eigenvalue weighted by Crippen LogP contribution is 2.10. The van der Waals surface area contributed by atoms with Crippen LogP contribution in [0.25, 0.3) is 0 Å². The van der Waals surface area contributed by atoms with E-state index in [1.54, 1.807) is 7.05 Å². The van der Waals surface area contributed by atoms with Crippen molar-refractivity contribution >= 4 is 5.96 Å². The summed E-state index contributed by atoms with van der Waals surface area (Å²) in [5, 5.41) is 6.73. The lowest BCUT2D eigenvalue weighted by molar-refractivity contribution is -0.0320. The molecule has 1 aromatic rings. The Morgan fingerprint density at radius 3 is 2.67 bits per heavy atom. The summed E-state index contributed by atoms with van der Waals surface area (Å²) in [6, 6.07) is 8.52. The molecule has 0 aromatic heterocycles. The lowest BCUT2D eigenvalue weighted by Gasteiger charge is -2.22. The van der Waals surface area contributed by atoms with Crippen molar-refractivity contribution in [1.29, 1.82) is 0 Å². The minimum Gasteiger partial charge on any atom is -0.381 e. The first-order valence-corrected chi connectivity index (χ1v) is 9.04. The number of rotatable bonds is 8. The summed E-state index contributed by atoms with van der Waals surface area (Å²) >= 11 is 0. The number of ether oxygens (including phenoxy) is 2. The molecule has 0 bridgehead atoms. The van der Waals surface area contributed by atoms with Crippen molar-refractivity contribution in [2.75, 3.05) is 33.4 Å². The van der Waals surface area contributed by atoms with Crippen LogP contribution >= 0.6 is 0 Å². The molecule has 0 spiro atoms. The Morgan fingerprint density at radius 2 is 1.96 bits per heavy atom. The number of guanidine groups is 1. The average Bonchev–Trinajstić information content (AvgIpc) is 2.65. The molecule has 1 fully saturated rings. The van der Waals surface area contributed by atoms with Crippen LogP contribution < -0.4 is 10.6 Å². The number of hydrogen-bond acceptors (Lipinski definition) is 3. The Balaban J connectivity index is 1.61. The summed E-state index contributed by atoms with van der Waals surface area (Å²) in [7, 11) is 1.81. The quantitative estimate of drug-likeness (QED) is 0.436. The van der Waals surface area contributed by atoms with Crippen LogP contribution in [0.2, 0.25) is 0 Å². The standard InChI is InChI=1S/C19H31N3O2/c1-3-16-7-4-5-8-17(16)15-22-19(20-2)21-11-6-12-24-18-9-13-23-14-10-18/h4-5,7-8,18H,3,6,9-15H2,1-2H3,(H2,20,21,22). The van der Waals surface area contributed by atoms with Crippen molar-refractivity contribution in [1.82, 2.24) is 10.6 Å². The number of hydrogen-bond donors (Lipinski definition) is 2. The molecular weight excluding hydrogens is 302 g/mol. The van der Waals surface area contributed by atoms with Gasteiger partial charge in [0.1, 0.15) is 0 Å². The molecule has 0 radical (unpaired) electrons. The summed E-state index contributed by atoms with van der Waals surface area (Å²) < 4.78 is 11.2. The van der Waals surface area contributed by atoms with Gasteiger partial charge >= 0.3 is 0 Å². The number of benzene rings is 1. The van der Waals surface area contributed by atoms with Crippen LogP contribution in [-0.2, 0) is 22.4 Å². The van der Waals surface area contributed by atoms with Crippen LogP contribution in [0.3, 0.4) is 0 Å². The molecule has 0 unspecified atom stereocenters. The first kappa shape index (κ1) is 18.7. The summed E-state index contributed by atoms with van der Waals surface area (Å²) in [5.41, 5.74) is 2.70. The zero-order valence-corrected chi connectivity index (χ0v) is 15.0. The molecule has 0 aliphatic carbocycles. The molecule has 1 aliphatic heterocycles. The number of aliphatic imine (C=N–C) groups is 1. The lowest BCUT2D eigenvalue weighted by atomic mass is 10.1. The third-order valence-electron chi connectivity index (χ3n) is 4.30. The van der Waals surface area contributed by atoms with Gasteiger partial charge in [0.2, 0.25) is 0 Å². The highest BCUT2D eigenvalue weighted by molar-refractivity contribution is 5.79. The van der Waals surface area contributed by atoms with Crippen molar-refractivity contribution in [3.8, 4) is 0 Å². The van der Waals surface area contributed by atoms with E-state index in [1.807, 2.05) is 0 Å². The van der Waals surface area contributed by atoms with Crippen LogP contribution in [0.1, 0.15) is 37.3 Å². The van der Waals surface area contributed by atoms with Crippen LogP contribution in [0, 0.1) is 0 Å². The van der Waals surface area contributed by atoms with Gasteiger partial charge in [0, 0.05) is 40.0 Å². The van der Waals surface area contributed by atoms with E-state index in [1.165, 1.54) is 11.1 Å². The third-order valence-corrected chi connectivity index (χ3v) is 4.30. The lowest BCUT2D eigenvalue weighted by Crippen LogP contribution is -2.38. The van der Waals surface area contributed by atoms with Gasteiger partial charge in [-0.25, -0.2) is 0 Å². The second kappa shape index (κ2) is 11.0. The molecule has 0 atom stereocenters. The molecule has 5 heteroatoms. The summed E-state index contributed by atoms with van der Waals surface area (Å²) in [5.74, 6) is 0.840. The number of nitrogens with one attached hydrogen (secondary N) is 2. The normalized spacial score (nSPS) is 16.2. The first-order valence-electron chi connectivity index (χ1n) is 9.04. The topological polar surface area (TPSA) is 54.9 Å². The summed E-state index contributed by atoms with van der Waals surface area (Å²) in [4.78, 5) is 4.28. The molecule has 2 rings (SSSR count). The maximum Gasteiger partial charge on any atom is 0.191 e. The van der Waals surface area contributed by atoms with Gasteiger partial charge in [0.25, 0.3) is 0 Å². The molecule has 0 saturated carbocycles. The molecule has 1 aromatic carbocycles. The van der Waals surface area contributed by atoms with E-state index in [0.717, 1.165) is 64.6 Å². The van der Waals surface area contributed by atoms with Crippen molar-refractivity contribution in [3.63, 3.8) is 0 Å². The summed E-state index contributed by atoms with van der Waals surface area (Å²) in [6.07, 6.45) is 4.44. The van der Waals surface area contributed by atoms with E-state index in [9.17, 15) is 0 Å². The maximum atomic E-state index is 5.88. The first-order chi connectivity index (χ1) is 11.8. The van der Waals surface area contributed by atoms with Gasteiger partial charge in [-0.3, -0.25) is 4.99 Å². The maximum absolute atomic E-state index is 5.88. The minimum absolute atomic E-state index is 0.377. The third kappa shape index (κ3) is 6.49. The monoisotopic (exact) mass is 333 g/mol. The van der Waals surface area contributed by atoms with Crippen molar-refractivity contribution < 1.29 is 9.47 Å². The molecule has 134 valence electrons. The Morgan fingerprint density at radius 1 is 1.21 bits per heavy atom. The van der Waals surface area contributed by atoms with Gasteiger partial charge in [-0.1, -0.05) is 31.2 Å². The smallest absolute Gasteiger partial charge is 0.191 e. The molecule has 1 saturated heterocycles. The van der Waals surface area contributed by atoms with Crippen LogP contribution in [0.4, 0.5) is 0 Å². The van der Waals surface area contributed by atoms with Gasteiger partial charge in [-0.05, 0) is 36.8 Å². The molecule has 5 nitrogen and oxygen atoms in total. The second-order valence-electron chi connectivity index (χ2n) is 6.01. The fourth-order valence-corrected chi connectivity index (χ4v) is 2.85. The summed E-state index contributed by atoms with van der Waals surface area (Å²) in [6.45, 7) is 6.29. The largest absolute Gasteiger partial charge is 0.381 e. The van der Waals surface area contributed by atoms with E-state index >= 15 is 0 Å². The number of nitrogens with zero attached hydrogens (tertiary/aromatic N) is 1. The molecule has 1 heterocycles. The molecule has 24 heavy (non-hydrogen) atoms. The zero-order valence-electron chi connectivity index (χ0n) is 15.0. The van der Waals surface area contributed by atoms with E-state index in [2.05, 4.69) is 46.8 Å². The predicted molar refractivity (Wildman–Crippen MR) is 98.4 cm³/mol. The Labute approximate surface area is 145 Å². The van der Waals surface area contributed by atoms with Crippen LogP contribution in [0.5, 0.6) is 0 Å². The van der Waals surface area contributed by atoms with E-state index in [4.69, 9.17) is 9.47 Å². The van der Waals surface area contributed by atoms with Gasteiger partial charge in [-0.2, -0.15) is 0 Å². The van der Waals surface area contributed by atoms with Gasteiger partial charge in [-0.15, -0.1) is 0 Å².